The lowest BCUT2D eigenvalue weighted by atomic mass is 10.1. The van der Waals surface area contributed by atoms with E-state index in [1.165, 1.54) is 0 Å². The molecule has 3 heteroatoms. The molecule has 1 nitrogen and oxygen atoms in total. The molecule has 1 heterocycles. The zero-order chi connectivity index (χ0) is 9.19. The van der Waals surface area contributed by atoms with Crippen LogP contribution in [0.2, 0.25) is 0 Å². The summed E-state index contributed by atoms with van der Waals surface area (Å²) in [6.45, 7) is 3.34. The maximum atomic E-state index is 9.32. The molecule has 0 aliphatic heterocycles. The fourth-order valence-electron chi connectivity index (χ4n) is 0.593. The molecule has 0 amide bonds. The molecule has 0 aromatic carbocycles. The van der Waals surface area contributed by atoms with Gasteiger partial charge in [0, 0.05) is 4.47 Å². The smallest absolute Gasteiger partial charge is 0.120 e. The molecule has 1 aromatic rings. The summed E-state index contributed by atoms with van der Waals surface area (Å²) in [5.41, 5.74) is -0.913. The van der Waals surface area contributed by atoms with Gasteiger partial charge in [0.15, 0.2) is 0 Å². The minimum Gasteiger partial charge on any atom is -0.378 e. The van der Waals surface area contributed by atoms with Crippen LogP contribution in [0.1, 0.15) is 18.7 Å². The molecular weight excluding hydrogens is 236 g/mol. The Balaban J connectivity index is 2.87. The molecule has 0 atom stereocenters. The highest BCUT2D eigenvalue weighted by Crippen LogP contribution is 2.21. The van der Waals surface area contributed by atoms with Crippen molar-refractivity contribution in [2.75, 3.05) is 0 Å². The van der Waals surface area contributed by atoms with Gasteiger partial charge in [-0.2, -0.15) is 0 Å². The van der Waals surface area contributed by atoms with E-state index in [9.17, 15) is 5.11 Å². The average Bonchev–Trinajstić information content (AvgIpc) is 2.29. The van der Waals surface area contributed by atoms with Crippen molar-refractivity contribution in [2.45, 2.75) is 19.4 Å². The van der Waals surface area contributed by atoms with Crippen LogP contribution >= 0.6 is 27.3 Å². The maximum absolute atomic E-state index is 9.32. The summed E-state index contributed by atoms with van der Waals surface area (Å²) in [6.07, 6.45) is 0. The molecule has 1 aromatic heterocycles. The summed E-state index contributed by atoms with van der Waals surface area (Å²) in [6, 6.07) is 1.94. The van der Waals surface area contributed by atoms with Gasteiger partial charge in [-0.05, 0) is 41.2 Å². The van der Waals surface area contributed by atoms with Crippen molar-refractivity contribution >= 4 is 27.3 Å². The number of halogens is 1. The van der Waals surface area contributed by atoms with Crippen LogP contribution in [0, 0.1) is 11.8 Å². The predicted molar refractivity (Wildman–Crippen MR) is 55.2 cm³/mol. The molecule has 0 aliphatic rings. The van der Waals surface area contributed by atoms with Gasteiger partial charge >= 0.3 is 0 Å². The number of thiophene rings is 1. The van der Waals surface area contributed by atoms with Gasteiger partial charge in [0.2, 0.25) is 0 Å². The van der Waals surface area contributed by atoms with Crippen LogP contribution in [-0.4, -0.2) is 10.7 Å². The summed E-state index contributed by atoms with van der Waals surface area (Å²) in [7, 11) is 0. The zero-order valence-electron chi connectivity index (χ0n) is 6.89. The summed E-state index contributed by atoms with van der Waals surface area (Å²) in [4.78, 5) is 0.956. The third kappa shape index (κ3) is 2.98. The van der Waals surface area contributed by atoms with Gasteiger partial charge in [0.05, 0.1) is 4.88 Å². The average molecular weight is 245 g/mol. The largest absolute Gasteiger partial charge is 0.378 e. The molecule has 0 radical (unpaired) electrons. The fourth-order valence-corrected chi connectivity index (χ4v) is 1.91. The molecule has 1 N–H and O–H groups in total. The molecule has 0 spiro atoms. The molecule has 0 bridgehead atoms. The van der Waals surface area contributed by atoms with Gasteiger partial charge in [-0.25, -0.2) is 0 Å². The second-order valence-electron chi connectivity index (χ2n) is 2.91. The van der Waals surface area contributed by atoms with Gasteiger partial charge in [-0.1, -0.05) is 11.8 Å². The topological polar surface area (TPSA) is 20.2 Å². The Labute approximate surface area is 84.6 Å². The van der Waals surface area contributed by atoms with Crippen LogP contribution in [0.5, 0.6) is 0 Å². The Morgan fingerprint density at radius 3 is 2.67 bits per heavy atom. The number of hydrogen-bond acceptors (Lipinski definition) is 2. The minimum atomic E-state index is -0.913. The SMILES string of the molecule is CC(C)(O)C#Cc1sccc1Br. The minimum absolute atomic E-state index is 0.913. The van der Waals surface area contributed by atoms with Crippen LogP contribution < -0.4 is 0 Å². The maximum Gasteiger partial charge on any atom is 0.120 e. The van der Waals surface area contributed by atoms with Crippen molar-refractivity contribution in [2.24, 2.45) is 0 Å². The van der Waals surface area contributed by atoms with Crippen molar-refractivity contribution in [3.05, 3.63) is 20.8 Å². The molecule has 0 unspecified atom stereocenters. The lowest BCUT2D eigenvalue weighted by Gasteiger charge is -2.05. The predicted octanol–water partition coefficient (Wildman–Crippen LogP) is 2.63. The fraction of sp³-hybridized carbons (Fsp3) is 0.333. The van der Waals surface area contributed by atoms with Crippen molar-refractivity contribution in [3.8, 4) is 11.8 Å². The lowest BCUT2D eigenvalue weighted by Crippen LogP contribution is -2.14. The quantitative estimate of drug-likeness (QED) is 0.696. The second-order valence-corrected chi connectivity index (χ2v) is 4.68. The van der Waals surface area contributed by atoms with E-state index in [0.29, 0.717) is 0 Å². The Bertz CT molecular complexity index is 324. The van der Waals surface area contributed by atoms with E-state index in [-0.39, 0.29) is 0 Å². The van der Waals surface area contributed by atoms with E-state index < -0.39 is 5.60 Å². The van der Waals surface area contributed by atoms with E-state index in [2.05, 4.69) is 27.8 Å². The Morgan fingerprint density at radius 2 is 2.25 bits per heavy atom. The van der Waals surface area contributed by atoms with Gasteiger partial charge in [-0.3, -0.25) is 0 Å². The summed E-state index contributed by atoms with van der Waals surface area (Å²) in [5.74, 6) is 5.66. The van der Waals surface area contributed by atoms with Crippen molar-refractivity contribution in [1.82, 2.24) is 0 Å². The second kappa shape index (κ2) is 3.61. The van der Waals surface area contributed by atoms with E-state index >= 15 is 0 Å². The first kappa shape index (κ1) is 9.79. The summed E-state index contributed by atoms with van der Waals surface area (Å²) >= 11 is 4.92. The van der Waals surface area contributed by atoms with E-state index in [4.69, 9.17) is 0 Å². The van der Waals surface area contributed by atoms with Crippen molar-refractivity contribution in [1.29, 1.82) is 0 Å². The zero-order valence-corrected chi connectivity index (χ0v) is 9.29. The number of aliphatic hydroxyl groups is 1. The molecular formula is C9H9BrOS. The molecule has 0 saturated carbocycles. The monoisotopic (exact) mass is 244 g/mol. The van der Waals surface area contributed by atoms with Crippen molar-refractivity contribution < 1.29 is 5.11 Å². The molecule has 0 fully saturated rings. The van der Waals surface area contributed by atoms with Crippen LogP contribution in [0.25, 0.3) is 0 Å². The number of rotatable bonds is 0. The van der Waals surface area contributed by atoms with Gasteiger partial charge in [0.25, 0.3) is 0 Å². The summed E-state index contributed by atoms with van der Waals surface area (Å²) in [5, 5.41) is 11.3. The third-order valence-corrected chi connectivity index (χ3v) is 2.85. The van der Waals surface area contributed by atoms with Crippen molar-refractivity contribution in [3.63, 3.8) is 0 Å². The van der Waals surface area contributed by atoms with Crippen LogP contribution in [-0.2, 0) is 0 Å². The highest BCUT2D eigenvalue weighted by atomic mass is 79.9. The van der Waals surface area contributed by atoms with E-state index in [0.717, 1.165) is 9.35 Å². The highest BCUT2D eigenvalue weighted by Gasteiger charge is 2.06. The normalized spacial score (nSPS) is 10.7. The van der Waals surface area contributed by atoms with Gasteiger partial charge in [0.1, 0.15) is 5.60 Å². The van der Waals surface area contributed by atoms with Gasteiger partial charge in [-0.15, -0.1) is 11.3 Å². The lowest BCUT2D eigenvalue weighted by molar-refractivity contribution is 0.143. The summed E-state index contributed by atoms with van der Waals surface area (Å²) < 4.78 is 0.990. The van der Waals surface area contributed by atoms with Crippen LogP contribution in [0.4, 0.5) is 0 Å². The Kier molecular flexibility index (Phi) is 2.94. The third-order valence-electron chi connectivity index (χ3n) is 1.10. The molecule has 64 valence electrons. The van der Waals surface area contributed by atoms with Crippen LogP contribution in [0.3, 0.4) is 0 Å². The highest BCUT2D eigenvalue weighted by molar-refractivity contribution is 9.10. The molecule has 1 rings (SSSR count). The van der Waals surface area contributed by atoms with E-state index in [1.807, 2.05) is 11.4 Å². The van der Waals surface area contributed by atoms with E-state index in [1.54, 1.807) is 25.2 Å². The standard InChI is InChI=1S/C9H9BrOS/c1-9(2,11)5-3-8-7(10)4-6-12-8/h4,6,11H,1-2H3. The Morgan fingerprint density at radius 1 is 1.58 bits per heavy atom. The first-order chi connectivity index (χ1) is 5.49. The van der Waals surface area contributed by atoms with Crippen LogP contribution in [0.15, 0.2) is 15.9 Å². The van der Waals surface area contributed by atoms with Gasteiger partial charge < -0.3 is 5.11 Å². The molecule has 0 aliphatic carbocycles. The first-order valence-electron chi connectivity index (χ1n) is 3.47. The first-order valence-corrected chi connectivity index (χ1v) is 5.15. The number of hydrogen-bond donors (Lipinski definition) is 1. The molecule has 12 heavy (non-hydrogen) atoms. The Hall–Kier alpha value is -0.300. The molecule has 0 saturated heterocycles.